The fourth-order valence-corrected chi connectivity index (χ4v) is 0. The molecule has 0 atom stereocenters. The first-order valence-electron chi connectivity index (χ1n) is 0. The third-order valence-electron chi connectivity index (χ3n) is 0. The molecule has 0 N–H and O–H groups in total. The van der Waals surface area contributed by atoms with E-state index in [0.29, 0.717) is 0 Å². The van der Waals surface area contributed by atoms with Crippen molar-refractivity contribution in [1.82, 2.24) is 0 Å². The van der Waals surface area contributed by atoms with Gasteiger partial charge in [-0.25, -0.2) is 0 Å². The molecule has 0 rings (SSSR count). The Hall–Kier alpha value is 0.972. The maximum Gasteiger partial charge on any atom is 3.00 e. The van der Waals surface area contributed by atoms with Gasteiger partial charge in [-0.15, -0.1) is 0 Å². The second kappa shape index (κ2) is 37.1. The first-order valence-corrected chi connectivity index (χ1v) is 0. The number of rotatable bonds is 0. The Morgan fingerprint density at radius 1 is 0.750 bits per heavy atom. The molecular weight excluding hydrogens is 148 g/mol. The molecule has 4 heavy (non-hydrogen) atoms. The summed E-state index contributed by atoms with van der Waals surface area (Å²) in [5, 5.41) is 0. The Bertz CT molecular complexity index is 6.00. The average Bonchev–Trinajstić information content (AvgIpc) is 0. The van der Waals surface area contributed by atoms with Gasteiger partial charge >= 0.3 is 34.4 Å². The van der Waals surface area contributed by atoms with Crippen molar-refractivity contribution in [2.45, 2.75) is 0 Å². The molecule has 0 spiro atoms. The van der Waals surface area contributed by atoms with Crippen LogP contribution in [0.25, 0.3) is 0 Å². The fraction of sp³-hybridized carbons (Fsp3) is 0. The predicted molar refractivity (Wildman–Crippen MR) is 1.37 cm³/mol. The van der Waals surface area contributed by atoms with E-state index in [1.54, 1.807) is 0 Å². The summed E-state index contributed by atoms with van der Waals surface area (Å²) in [5.41, 5.74) is 0. The van der Waals surface area contributed by atoms with Gasteiger partial charge in [0.1, 0.15) is 0 Å². The topological polar surface area (TPSA) is 57.0 Å². The minimum absolute atomic E-state index is 0. The van der Waals surface area contributed by atoms with E-state index in [4.69, 9.17) is 0 Å². The van der Waals surface area contributed by atoms with Crippen molar-refractivity contribution >= 4 is 0 Å². The molecule has 2 nitrogen and oxygen atoms in total. The molecule has 0 amide bonds. The van der Waals surface area contributed by atoms with E-state index in [-0.39, 0.29) is 45.4 Å². The third-order valence-corrected chi connectivity index (χ3v) is 0. The minimum atomic E-state index is 0. The predicted octanol–water partition coefficient (Wildman–Crippen LogP) is -0.243. The summed E-state index contributed by atoms with van der Waals surface area (Å²) in [6.45, 7) is 0. The van der Waals surface area contributed by atoms with Crippen LogP contribution in [0.5, 0.6) is 0 Å². The van der Waals surface area contributed by atoms with Crippen LogP contribution < -0.4 is 0 Å². The number of hydrogen-bond donors (Lipinski definition) is 0. The largest absolute Gasteiger partial charge is 3.00 e. The average molecular weight is 148 g/mol. The van der Waals surface area contributed by atoms with Gasteiger partial charge in [0, 0.05) is 0 Å². The smallest absolute Gasteiger partial charge is 2.00 e. The van der Waals surface area contributed by atoms with Gasteiger partial charge in [0.2, 0.25) is 0 Å². The van der Waals surface area contributed by atoms with Crippen LogP contribution in [0.1, 0.15) is 0 Å². The fourth-order valence-electron chi connectivity index (χ4n) is 0. The molecule has 0 aliphatic rings. The maximum absolute atomic E-state index is 0. The van der Waals surface area contributed by atoms with Crippen LogP contribution in [0.15, 0.2) is 0 Å². The first kappa shape index (κ1) is 83.0. The molecule has 4 heteroatoms. The molecule has 0 aromatic rings. The quantitative estimate of drug-likeness (QED) is 0.425. The van der Waals surface area contributed by atoms with Crippen molar-refractivity contribution in [2.75, 3.05) is 0 Å². The maximum atomic E-state index is 0. The second-order valence-electron chi connectivity index (χ2n) is 0. The van der Waals surface area contributed by atoms with Crippen LogP contribution in [0, 0.1) is 0 Å². The Labute approximate surface area is 45.8 Å². The van der Waals surface area contributed by atoms with E-state index in [1.807, 2.05) is 0 Å². The Balaban J connectivity index is 0. The molecule has 28 valence electrons. The van der Waals surface area contributed by atoms with Gasteiger partial charge in [-0.3, -0.25) is 0 Å². The van der Waals surface area contributed by atoms with Gasteiger partial charge in [0.25, 0.3) is 0 Å². The Kier molecular flexibility index (Phi) is 771. The zero-order valence-corrected chi connectivity index (χ0v) is 3.74. The first-order chi connectivity index (χ1) is 0. The zero-order chi connectivity index (χ0) is 0. The summed E-state index contributed by atoms with van der Waals surface area (Å²) >= 11 is 0. The standard InChI is InChI=1S/Cr.Cu.2O/q+3;+2;2*-2. The summed E-state index contributed by atoms with van der Waals surface area (Å²) in [6.07, 6.45) is 0. The van der Waals surface area contributed by atoms with Gasteiger partial charge in [0.05, 0.1) is 0 Å². The van der Waals surface area contributed by atoms with Gasteiger partial charge in [-0.05, 0) is 0 Å². The van der Waals surface area contributed by atoms with Gasteiger partial charge in [-0.1, -0.05) is 0 Å². The summed E-state index contributed by atoms with van der Waals surface area (Å²) in [5.74, 6) is 0. The molecule has 0 aliphatic carbocycles. The molecule has 0 saturated heterocycles. The zero-order valence-electron chi connectivity index (χ0n) is 1.53. The van der Waals surface area contributed by atoms with E-state index in [0.717, 1.165) is 0 Å². The van der Waals surface area contributed by atoms with Gasteiger partial charge < -0.3 is 11.0 Å². The SMILES string of the molecule is [Cr+3].[Cu+2].[O-2].[O-2]. The van der Waals surface area contributed by atoms with Crippen molar-refractivity contribution in [3.05, 3.63) is 0 Å². The molecule has 0 aliphatic heterocycles. The van der Waals surface area contributed by atoms with Crippen molar-refractivity contribution < 1.29 is 45.4 Å². The normalized spacial score (nSPS) is 0. The monoisotopic (exact) mass is 147 g/mol. The molecule has 2 radical (unpaired) electrons. The van der Waals surface area contributed by atoms with Gasteiger partial charge in [0.15, 0.2) is 0 Å². The van der Waals surface area contributed by atoms with E-state index in [1.165, 1.54) is 0 Å². The van der Waals surface area contributed by atoms with E-state index >= 15 is 0 Å². The van der Waals surface area contributed by atoms with Gasteiger partial charge in [-0.2, -0.15) is 0 Å². The summed E-state index contributed by atoms with van der Waals surface area (Å²) in [4.78, 5) is 0. The molecule has 0 saturated carbocycles. The summed E-state index contributed by atoms with van der Waals surface area (Å²) in [6, 6.07) is 0. The third kappa shape index (κ3) is 12.2. The van der Waals surface area contributed by atoms with Crippen molar-refractivity contribution in [3.8, 4) is 0 Å². The van der Waals surface area contributed by atoms with Crippen LogP contribution in [-0.4, -0.2) is 0 Å². The minimum Gasteiger partial charge on any atom is -2.00 e. The van der Waals surface area contributed by atoms with Crippen LogP contribution in [0.4, 0.5) is 0 Å². The Morgan fingerprint density at radius 3 is 0.750 bits per heavy atom. The molecule has 0 aromatic carbocycles. The summed E-state index contributed by atoms with van der Waals surface area (Å²) < 4.78 is 0. The molecule has 0 fully saturated rings. The molecule has 0 unspecified atom stereocenters. The Morgan fingerprint density at radius 2 is 0.750 bits per heavy atom. The van der Waals surface area contributed by atoms with Crippen molar-refractivity contribution in [2.24, 2.45) is 0 Å². The van der Waals surface area contributed by atoms with Crippen LogP contribution in [0.2, 0.25) is 0 Å². The van der Waals surface area contributed by atoms with Crippen LogP contribution in [-0.2, 0) is 45.4 Å². The molecule has 0 bridgehead atoms. The molecule has 0 heterocycles. The number of hydrogen-bond acceptors (Lipinski definition) is 0. The van der Waals surface area contributed by atoms with Crippen molar-refractivity contribution in [1.29, 1.82) is 0 Å². The van der Waals surface area contributed by atoms with Crippen LogP contribution >= 0.6 is 0 Å². The molecular formula is CrCuO2+. The second-order valence-corrected chi connectivity index (χ2v) is 0. The molecule has 0 aromatic heterocycles. The van der Waals surface area contributed by atoms with Crippen LogP contribution in [0.3, 0.4) is 0 Å². The van der Waals surface area contributed by atoms with E-state index in [2.05, 4.69) is 0 Å². The van der Waals surface area contributed by atoms with Crippen molar-refractivity contribution in [3.63, 3.8) is 0 Å². The van der Waals surface area contributed by atoms with E-state index in [9.17, 15) is 0 Å². The van der Waals surface area contributed by atoms with E-state index < -0.39 is 0 Å². The summed E-state index contributed by atoms with van der Waals surface area (Å²) in [7, 11) is 0.